The van der Waals surface area contributed by atoms with Crippen LogP contribution >= 0.6 is 0 Å². The number of rotatable bonds is 4. The molecule has 40 heavy (non-hydrogen) atoms. The number of aromatic nitrogens is 1. The normalized spacial score (nSPS) is 23.2. The molecular weight excluding hydrogens is 510 g/mol. The molecule has 1 spiro atoms. The number of carbonyl (C=O) groups excluding carboxylic acids is 2. The first-order valence-electron chi connectivity index (χ1n) is 14.3. The molecule has 214 valence electrons. The van der Waals surface area contributed by atoms with Gasteiger partial charge >= 0.3 is 5.97 Å². The maximum atomic E-state index is 13.4. The van der Waals surface area contributed by atoms with E-state index in [1.165, 1.54) is 5.56 Å². The second-order valence-electron chi connectivity index (χ2n) is 11.2. The van der Waals surface area contributed by atoms with Crippen LogP contribution in [0.3, 0.4) is 0 Å². The number of nitrogens with zero attached hydrogens (tertiary/aromatic N) is 3. The summed E-state index contributed by atoms with van der Waals surface area (Å²) in [7, 11) is 0. The van der Waals surface area contributed by atoms with Crippen molar-refractivity contribution in [2.45, 2.75) is 63.7 Å². The van der Waals surface area contributed by atoms with Crippen molar-refractivity contribution in [1.29, 1.82) is 0 Å². The number of amides is 1. The Morgan fingerprint density at radius 2 is 1.68 bits per heavy atom. The second-order valence-corrected chi connectivity index (χ2v) is 11.2. The molecule has 0 radical (unpaired) electrons. The number of cyclic esters (lactones) is 1. The fourth-order valence-corrected chi connectivity index (χ4v) is 5.89. The molecule has 9 nitrogen and oxygen atoms in total. The van der Waals surface area contributed by atoms with E-state index in [0.717, 1.165) is 37.9 Å². The van der Waals surface area contributed by atoms with Gasteiger partial charge in [0.25, 0.3) is 0 Å². The summed E-state index contributed by atoms with van der Waals surface area (Å²) in [6, 6.07) is 17.8. The maximum Gasteiger partial charge on any atom is 0.312 e. The van der Waals surface area contributed by atoms with Gasteiger partial charge in [0.1, 0.15) is 18.4 Å². The third-order valence-corrected chi connectivity index (χ3v) is 8.48. The zero-order valence-corrected chi connectivity index (χ0v) is 22.9. The highest BCUT2D eigenvalue weighted by molar-refractivity contribution is 5.86. The standard InChI is InChI=1S/C31H39N3O6/c35-26-12-17-34(29(37)20-25-24-10-4-5-11-28(24)40-32-25)16-7-6-13-31(30(38)39-22-27(26)36)14-18-33(19-15-31)21-23-8-2-1-3-9-23/h1-5,8-11,26-27,35-36H,6-7,12-22H2/t26-,27+/m0/s1. The van der Waals surface area contributed by atoms with E-state index in [9.17, 15) is 19.8 Å². The molecule has 3 aromatic rings. The number of aliphatic hydroxyl groups excluding tert-OH is 2. The zero-order valence-electron chi connectivity index (χ0n) is 22.9. The van der Waals surface area contributed by atoms with Crippen LogP contribution in [-0.2, 0) is 27.3 Å². The number of piperidine rings is 1. The van der Waals surface area contributed by atoms with Crippen molar-refractivity contribution in [1.82, 2.24) is 15.0 Å². The van der Waals surface area contributed by atoms with E-state index in [0.29, 0.717) is 43.6 Å². The summed E-state index contributed by atoms with van der Waals surface area (Å²) >= 11 is 0. The summed E-state index contributed by atoms with van der Waals surface area (Å²) in [5.74, 6) is -0.393. The van der Waals surface area contributed by atoms with E-state index in [1.54, 1.807) is 4.90 Å². The van der Waals surface area contributed by atoms with Crippen molar-refractivity contribution in [3.05, 3.63) is 65.9 Å². The molecule has 0 aliphatic carbocycles. The van der Waals surface area contributed by atoms with Crippen LogP contribution in [-0.4, -0.2) is 82.0 Å². The number of aliphatic hydroxyl groups is 2. The van der Waals surface area contributed by atoms with Crippen molar-refractivity contribution >= 4 is 22.8 Å². The van der Waals surface area contributed by atoms with Crippen LogP contribution in [0.1, 0.15) is 49.8 Å². The van der Waals surface area contributed by atoms with Crippen LogP contribution in [0.15, 0.2) is 59.1 Å². The second kappa shape index (κ2) is 12.9. The average Bonchev–Trinajstić information content (AvgIpc) is 3.38. The largest absolute Gasteiger partial charge is 0.462 e. The molecule has 0 unspecified atom stereocenters. The molecule has 0 saturated carbocycles. The molecule has 3 heterocycles. The Morgan fingerprint density at radius 1 is 0.925 bits per heavy atom. The Kier molecular flexibility index (Phi) is 9.14. The van der Waals surface area contributed by atoms with Gasteiger partial charge in [-0.05, 0) is 62.9 Å². The number of fused-ring (bicyclic) bond motifs is 1. The highest BCUT2D eigenvalue weighted by atomic mass is 16.5. The number of hydrogen-bond acceptors (Lipinski definition) is 8. The van der Waals surface area contributed by atoms with Crippen molar-refractivity contribution in [3.63, 3.8) is 0 Å². The minimum atomic E-state index is -1.21. The summed E-state index contributed by atoms with van der Waals surface area (Å²) in [5.41, 5.74) is 1.85. The summed E-state index contributed by atoms with van der Waals surface area (Å²) in [6.45, 7) is 2.95. The molecule has 5 rings (SSSR count). The van der Waals surface area contributed by atoms with E-state index >= 15 is 0 Å². The molecular formula is C31H39N3O6. The van der Waals surface area contributed by atoms with Gasteiger partial charge in [0.05, 0.1) is 17.9 Å². The molecule has 2 atom stereocenters. The van der Waals surface area contributed by atoms with Gasteiger partial charge < -0.3 is 24.4 Å². The first kappa shape index (κ1) is 28.3. The molecule has 2 aromatic carbocycles. The van der Waals surface area contributed by atoms with E-state index in [4.69, 9.17) is 9.26 Å². The Morgan fingerprint density at radius 3 is 2.48 bits per heavy atom. The van der Waals surface area contributed by atoms with Crippen LogP contribution in [0, 0.1) is 5.41 Å². The molecule has 9 heteroatoms. The van der Waals surface area contributed by atoms with Gasteiger partial charge in [-0.3, -0.25) is 14.5 Å². The molecule has 2 N–H and O–H groups in total. The number of esters is 1. The fourth-order valence-electron chi connectivity index (χ4n) is 5.89. The van der Waals surface area contributed by atoms with E-state index in [2.05, 4.69) is 22.2 Å². The molecule has 2 aliphatic heterocycles. The summed E-state index contributed by atoms with van der Waals surface area (Å²) < 4.78 is 11.0. The number of benzene rings is 2. The Labute approximate surface area is 234 Å². The van der Waals surface area contributed by atoms with Gasteiger partial charge in [0.15, 0.2) is 5.58 Å². The van der Waals surface area contributed by atoms with Gasteiger partial charge in [-0.2, -0.15) is 0 Å². The van der Waals surface area contributed by atoms with Gasteiger partial charge in [0, 0.05) is 25.0 Å². The van der Waals surface area contributed by atoms with Crippen LogP contribution < -0.4 is 0 Å². The zero-order chi connectivity index (χ0) is 28.0. The van der Waals surface area contributed by atoms with Crippen molar-refractivity contribution in [2.24, 2.45) is 5.41 Å². The van der Waals surface area contributed by atoms with Gasteiger partial charge in [0.2, 0.25) is 5.91 Å². The number of ether oxygens (including phenoxy) is 1. The van der Waals surface area contributed by atoms with Gasteiger partial charge in [-0.15, -0.1) is 0 Å². The predicted octanol–water partition coefficient (Wildman–Crippen LogP) is 3.32. The third kappa shape index (κ3) is 6.71. The van der Waals surface area contributed by atoms with Crippen LogP contribution in [0.25, 0.3) is 11.0 Å². The number of para-hydroxylation sites is 1. The van der Waals surface area contributed by atoms with E-state index in [-0.39, 0.29) is 31.3 Å². The Balaban J connectivity index is 1.24. The minimum absolute atomic E-state index is 0.0957. The number of likely N-dealkylation sites (tertiary alicyclic amines) is 1. The lowest BCUT2D eigenvalue weighted by molar-refractivity contribution is -0.165. The van der Waals surface area contributed by atoms with Crippen molar-refractivity contribution in [3.8, 4) is 0 Å². The molecule has 0 bridgehead atoms. The lowest BCUT2D eigenvalue weighted by atomic mass is 9.74. The Hall–Kier alpha value is -3.27. The topological polar surface area (TPSA) is 116 Å². The Bertz CT molecular complexity index is 1270. The first-order valence-corrected chi connectivity index (χ1v) is 14.3. The summed E-state index contributed by atoms with van der Waals surface area (Å²) in [5, 5.41) is 26.0. The van der Waals surface area contributed by atoms with E-state index < -0.39 is 17.6 Å². The SMILES string of the molecule is O=C(Cc1noc2ccccc12)N1CCCCC2(CCN(Cc3ccccc3)CC2)C(=O)OC[C@@H](O)[C@@H](O)CC1. The van der Waals surface area contributed by atoms with Gasteiger partial charge in [-0.1, -0.05) is 54.0 Å². The lowest BCUT2D eigenvalue weighted by Crippen LogP contribution is -2.45. The predicted molar refractivity (Wildman–Crippen MR) is 149 cm³/mol. The molecule has 1 aromatic heterocycles. The number of carbonyl (C=O) groups is 2. The molecule has 2 saturated heterocycles. The average molecular weight is 550 g/mol. The van der Waals surface area contributed by atoms with Gasteiger partial charge in [-0.25, -0.2) is 0 Å². The minimum Gasteiger partial charge on any atom is -0.462 e. The molecule has 2 aliphatic rings. The first-order chi connectivity index (χ1) is 19.4. The van der Waals surface area contributed by atoms with Crippen LogP contribution in [0.5, 0.6) is 0 Å². The highest BCUT2D eigenvalue weighted by Crippen LogP contribution is 2.39. The van der Waals surface area contributed by atoms with E-state index in [1.807, 2.05) is 42.5 Å². The summed E-state index contributed by atoms with van der Waals surface area (Å²) in [6.07, 6.45) is 1.49. The third-order valence-electron chi connectivity index (χ3n) is 8.48. The quantitative estimate of drug-likeness (QED) is 0.476. The van der Waals surface area contributed by atoms with Crippen LogP contribution in [0.2, 0.25) is 0 Å². The monoisotopic (exact) mass is 549 g/mol. The van der Waals surface area contributed by atoms with Crippen molar-refractivity contribution in [2.75, 3.05) is 32.8 Å². The smallest absolute Gasteiger partial charge is 0.312 e. The van der Waals surface area contributed by atoms with Crippen LogP contribution in [0.4, 0.5) is 0 Å². The fraction of sp³-hybridized carbons (Fsp3) is 0.516. The molecule has 2 fully saturated rings. The molecule has 1 amide bonds. The number of hydrogen-bond donors (Lipinski definition) is 2. The lowest BCUT2D eigenvalue weighted by Gasteiger charge is -2.40. The summed E-state index contributed by atoms with van der Waals surface area (Å²) in [4.78, 5) is 30.8. The van der Waals surface area contributed by atoms with Crippen molar-refractivity contribution < 1.29 is 29.1 Å². The highest BCUT2D eigenvalue weighted by Gasteiger charge is 2.42. The maximum absolute atomic E-state index is 13.4.